The third-order valence-corrected chi connectivity index (χ3v) is 4.77. The first-order valence-corrected chi connectivity index (χ1v) is 8.61. The number of fused-ring (bicyclic) bond motifs is 1. The van der Waals surface area contributed by atoms with Crippen LogP contribution in [0.4, 0.5) is 0 Å². The minimum absolute atomic E-state index is 0.760. The summed E-state index contributed by atoms with van der Waals surface area (Å²) < 4.78 is 8.37. The zero-order valence-electron chi connectivity index (χ0n) is 14.6. The molecule has 0 amide bonds. The topological polar surface area (TPSA) is 43.2 Å². The normalized spacial score (nSPS) is 14.3. The molecule has 4 rings (SSSR count). The van der Waals surface area contributed by atoms with Crippen molar-refractivity contribution >= 4 is 0 Å². The first-order valence-electron chi connectivity index (χ1n) is 8.61. The maximum absolute atomic E-state index is 6.03. The van der Waals surface area contributed by atoms with Gasteiger partial charge in [0.25, 0.3) is 0 Å². The Hall–Kier alpha value is -2.66. The van der Waals surface area contributed by atoms with Crippen LogP contribution in [0.2, 0.25) is 0 Å². The molecule has 25 heavy (non-hydrogen) atoms. The third-order valence-electron chi connectivity index (χ3n) is 4.77. The summed E-state index contributed by atoms with van der Waals surface area (Å²) in [6, 6.07) is 12.0. The van der Waals surface area contributed by atoms with Crippen LogP contribution in [0.5, 0.6) is 11.5 Å². The van der Waals surface area contributed by atoms with Gasteiger partial charge in [0.1, 0.15) is 17.3 Å². The average molecular weight is 334 g/mol. The van der Waals surface area contributed by atoms with Crippen LogP contribution in [0.3, 0.4) is 0 Å². The van der Waals surface area contributed by atoms with Gasteiger partial charge in [-0.1, -0.05) is 18.2 Å². The molecule has 0 saturated carbocycles. The van der Waals surface area contributed by atoms with Crippen molar-refractivity contribution in [2.24, 2.45) is 0 Å². The van der Waals surface area contributed by atoms with Crippen LogP contribution in [-0.2, 0) is 19.6 Å². The lowest BCUT2D eigenvalue weighted by Crippen LogP contribution is -2.33. The van der Waals surface area contributed by atoms with E-state index in [1.165, 1.54) is 11.3 Å². The van der Waals surface area contributed by atoms with E-state index < -0.39 is 0 Å². The van der Waals surface area contributed by atoms with Crippen molar-refractivity contribution < 1.29 is 4.74 Å². The molecular weight excluding hydrogens is 312 g/mol. The zero-order chi connectivity index (χ0) is 17.2. The van der Waals surface area contributed by atoms with Crippen molar-refractivity contribution in [2.45, 2.75) is 33.5 Å². The Balaban J connectivity index is 1.52. The largest absolute Gasteiger partial charge is 0.455 e. The number of rotatable bonds is 4. The molecule has 0 spiro atoms. The van der Waals surface area contributed by atoms with Gasteiger partial charge in [-0.3, -0.25) is 9.88 Å². The summed E-state index contributed by atoms with van der Waals surface area (Å²) in [5.74, 6) is 2.80. The number of pyridine rings is 1. The number of imidazole rings is 1. The smallest absolute Gasteiger partial charge is 0.145 e. The van der Waals surface area contributed by atoms with E-state index in [-0.39, 0.29) is 0 Å². The van der Waals surface area contributed by atoms with E-state index in [1.807, 2.05) is 24.3 Å². The fraction of sp³-hybridized carbons (Fsp3) is 0.300. The van der Waals surface area contributed by atoms with E-state index >= 15 is 0 Å². The molecule has 0 radical (unpaired) electrons. The maximum Gasteiger partial charge on any atom is 0.145 e. The van der Waals surface area contributed by atoms with Crippen molar-refractivity contribution in [1.29, 1.82) is 0 Å². The van der Waals surface area contributed by atoms with Gasteiger partial charge in [0.2, 0.25) is 0 Å². The lowest BCUT2D eigenvalue weighted by Gasteiger charge is -2.28. The summed E-state index contributed by atoms with van der Waals surface area (Å²) in [6.45, 7) is 7.97. The van der Waals surface area contributed by atoms with Crippen LogP contribution in [0.25, 0.3) is 0 Å². The molecule has 1 aliphatic rings. The van der Waals surface area contributed by atoms with Crippen LogP contribution < -0.4 is 4.74 Å². The number of para-hydroxylation sites is 1. The molecule has 5 nitrogen and oxygen atoms in total. The van der Waals surface area contributed by atoms with Gasteiger partial charge in [-0.05, 0) is 32.0 Å². The van der Waals surface area contributed by atoms with Crippen LogP contribution in [-0.4, -0.2) is 26.0 Å². The molecule has 1 aliphatic heterocycles. The maximum atomic E-state index is 6.03. The second kappa shape index (κ2) is 6.69. The summed E-state index contributed by atoms with van der Waals surface area (Å²) in [5.41, 5.74) is 3.60. The Morgan fingerprint density at radius 2 is 1.96 bits per heavy atom. The SMILES string of the molecule is Cc1nc2n(c1C)CCN(Cc1ccccc1Oc1cccnc1)C2. The number of nitrogens with zero attached hydrogens (tertiary/aromatic N) is 4. The van der Waals surface area contributed by atoms with E-state index in [2.05, 4.69) is 40.4 Å². The van der Waals surface area contributed by atoms with Gasteiger partial charge in [0, 0.05) is 37.1 Å². The lowest BCUT2D eigenvalue weighted by molar-refractivity contribution is 0.206. The Bertz CT molecular complexity index is 873. The number of benzene rings is 1. The highest BCUT2D eigenvalue weighted by Gasteiger charge is 2.21. The van der Waals surface area contributed by atoms with Crippen LogP contribution in [0.1, 0.15) is 22.8 Å². The molecule has 3 aromatic rings. The molecular formula is C20H22N4O. The number of hydrogen-bond donors (Lipinski definition) is 0. The van der Waals surface area contributed by atoms with Crippen molar-refractivity contribution in [1.82, 2.24) is 19.4 Å². The molecule has 3 heterocycles. The van der Waals surface area contributed by atoms with E-state index in [1.54, 1.807) is 12.4 Å². The fourth-order valence-corrected chi connectivity index (χ4v) is 3.31. The quantitative estimate of drug-likeness (QED) is 0.730. The minimum Gasteiger partial charge on any atom is -0.455 e. The number of hydrogen-bond acceptors (Lipinski definition) is 4. The van der Waals surface area contributed by atoms with Crippen molar-refractivity contribution in [3.63, 3.8) is 0 Å². The first kappa shape index (κ1) is 15.8. The Labute approximate surface area is 147 Å². The highest BCUT2D eigenvalue weighted by Crippen LogP contribution is 2.27. The summed E-state index contributed by atoms with van der Waals surface area (Å²) in [4.78, 5) is 11.3. The van der Waals surface area contributed by atoms with E-state index in [4.69, 9.17) is 9.72 Å². The average Bonchev–Trinajstić information content (AvgIpc) is 2.91. The molecule has 0 aliphatic carbocycles. The molecule has 0 saturated heterocycles. The second-order valence-electron chi connectivity index (χ2n) is 6.46. The number of aromatic nitrogens is 3. The lowest BCUT2D eigenvalue weighted by atomic mass is 10.1. The van der Waals surface area contributed by atoms with Crippen molar-refractivity contribution in [2.75, 3.05) is 6.54 Å². The molecule has 2 aromatic heterocycles. The van der Waals surface area contributed by atoms with Crippen LogP contribution in [0, 0.1) is 13.8 Å². The molecule has 0 bridgehead atoms. The monoisotopic (exact) mass is 334 g/mol. The predicted octanol–water partition coefficient (Wildman–Crippen LogP) is 3.70. The molecule has 128 valence electrons. The van der Waals surface area contributed by atoms with Gasteiger partial charge in [0.05, 0.1) is 18.4 Å². The molecule has 0 N–H and O–H groups in total. The van der Waals surface area contributed by atoms with E-state index in [9.17, 15) is 0 Å². The van der Waals surface area contributed by atoms with E-state index in [0.717, 1.165) is 49.2 Å². The highest BCUT2D eigenvalue weighted by molar-refractivity contribution is 5.37. The van der Waals surface area contributed by atoms with Crippen molar-refractivity contribution in [3.05, 3.63) is 71.6 Å². The van der Waals surface area contributed by atoms with Gasteiger partial charge < -0.3 is 9.30 Å². The molecule has 0 atom stereocenters. The highest BCUT2D eigenvalue weighted by atomic mass is 16.5. The minimum atomic E-state index is 0.760. The molecule has 1 aromatic carbocycles. The second-order valence-corrected chi connectivity index (χ2v) is 6.46. The Morgan fingerprint density at radius 1 is 1.08 bits per heavy atom. The first-order chi connectivity index (χ1) is 12.2. The van der Waals surface area contributed by atoms with Gasteiger partial charge in [-0.15, -0.1) is 0 Å². The number of aryl methyl sites for hydroxylation is 1. The standard InChI is InChI=1S/C20H22N4O/c1-15-16(2)24-11-10-23(14-20(24)22-15)13-17-6-3-4-8-19(17)25-18-7-5-9-21-12-18/h3-9,12H,10-11,13-14H2,1-2H3. The molecule has 0 fully saturated rings. The summed E-state index contributed by atoms with van der Waals surface area (Å²) >= 11 is 0. The summed E-state index contributed by atoms with van der Waals surface area (Å²) in [7, 11) is 0. The molecule has 0 unspecified atom stereocenters. The van der Waals surface area contributed by atoms with Gasteiger partial charge >= 0.3 is 0 Å². The third kappa shape index (κ3) is 3.28. The predicted molar refractivity (Wildman–Crippen MR) is 96.6 cm³/mol. The van der Waals surface area contributed by atoms with Crippen molar-refractivity contribution in [3.8, 4) is 11.5 Å². The van der Waals surface area contributed by atoms with Gasteiger partial charge in [-0.2, -0.15) is 0 Å². The van der Waals surface area contributed by atoms with E-state index in [0.29, 0.717) is 0 Å². The fourth-order valence-electron chi connectivity index (χ4n) is 3.31. The molecule has 5 heteroatoms. The number of ether oxygens (including phenoxy) is 1. The van der Waals surface area contributed by atoms with Crippen LogP contribution in [0.15, 0.2) is 48.8 Å². The van der Waals surface area contributed by atoms with Gasteiger partial charge in [0.15, 0.2) is 0 Å². The Kier molecular flexibility index (Phi) is 4.24. The zero-order valence-corrected chi connectivity index (χ0v) is 14.6. The summed E-state index contributed by atoms with van der Waals surface area (Å²) in [6.07, 6.45) is 3.48. The Morgan fingerprint density at radius 3 is 2.80 bits per heavy atom. The summed E-state index contributed by atoms with van der Waals surface area (Å²) in [5, 5.41) is 0. The van der Waals surface area contributed by atoms with Gasteiger partial charge in [-0.25, -0.2) is 4.98 Å². The van der Waals surface area contributed by atoms with Crippen LogP contribution >= 0.6 is 0 Å².